The molecule has 0 saturated carbocycles. The van der Waals surface area contributed by atoms with E-state index in [1.54, 1.807) is 20.8 Å². The van der Waals surface area contributed by atoms with Gasteiger partial charge in [-0.2, -0.15) is 0 Å². The molecule has 1 fully saturated rings. The molecule has 1 saturated heterocycles. The molecule has 120 valence electrons. The first-order valence-corrected chi connectivity index (χ1v) is 7.10. The largest absolute Gasteiger partial charge is 0.480 e. The summed E-state index contributed by atoms with van der Waals surface area (Å²) in [5.74, 6) is -2.09. The van der Waals surface area contributed by atoms with Crippen molar-refractivity contribution in [3.63, 3.8) is 0 Å². The zero-order valence-electron chi connectivity index (χ0n) is 12.8. The van der Waals surface area contributed by atoms with E-state index in [1.165, 1.54) is 0 Å². The SMILES string of the molecule is CC(C)(C)C(=O)NCC(=O)NC(C(=O)O)C1CCCOC1. The van der Waals surface area contributed by atoms with Crippen molar-refractivity contribution in [3.05, 3.63) is 0 Å². The lowest BCUT2D eigenvalue weighted by molar-refractivity contribution is -0.145. The van der Waals surface area contributed by atoms with Crippen molar-refractivity contribution in [1.29, 1.82) is 0 Å². The molecule has 0 spiro atoms. The van der Waals surface area contributed by atoms with E-state index >= 15 is 0 Å². The summed E-state index contributed by atoms with van der Waals surface area (Å²) in [5, 5.41) is 14.2. The van der Waals surface area contributed by atoms with Gasteiger partial charge in [0.05, 0.1) is 13.2 Å². The smallest absolute Gasteiger partial charge is 0.326 e. The Hall–Kier alpha value is -1.63. The van der Waals surface area contributed by atoms with Crippen LogP contribution in [0.25, 0.3) is 0 Å². The molecule has 2 unspecified atom stereocenters. The predicted octanol–water partition coefficient (Wildman–Crippen LogP) is 0.145. The van der Waals surface area contributed by atoms with Gasteiger partial charge in [0.1, 0.15) is 6.04 Å². The second kappa shape index (κ2) is 7.40. The Morgan fingerprint density at radius 1 is 1.33 bits per heavy atom. The van der Waals surface area contributed by atoms with Crippen LogP contribution < -0.4 is 10.6 Å². The fourth-order valence-corrected chi connectivity index (χ4v) is 2.06. The van der Waals surface area contributed by atoms with Crippen molar-refractivity contribution >= 4 is 17.8 Å². The van der Waals surface area contributed by atoms with Gasteiger partial charge in [0, 0.05) is 17.9 Å². The first-order chi connectivity index (χ1) is 9.71. The van der Waals surface area contributed by atoms with E-state index in [4.69, 9.17) is 4.74 Å². The van der Waals surface area contributed by atoms with Crippen LogP contribution in [-0.2, 0) is 19.1 Å². The van der Waals surface area contributed by atoms with Gasteiger partial charge >= 0.3 is 5.97 Å². The molecule has 1 heterocycles. The van der Waals surface area contributed by atoms with Crippen LogP contribution >= 0.6 is 0 Å². The van der Waals surface area contributed by atoms with Crippen LogP contribution in [0.3, 0.4) is 0 Å². The summed E-state index contributed by atoms with van der Waals surface area (Å²) in [6.07, 6.45) is 1.48. The van der Waals surface area contributed by atoms with E-state index in [0.717, 1.165) is 6.42 Å². The number of ether oxygens (including phenoxy) is 1. The lowest BCUT2D eigenvalue weighted by Crippen LogP contribution is -2.51. The highest BCUT2D eigenvalue weighted by Gasteiger charge is 2.31. The molecule has 1 rings (SSSR count). The molecule has 1 aliphatic rings. The number of carboxylic acids is 1. The number of rotatable bonds is 5. The maximum Gasteiger partial charge on any atom is 0.326 e. The normalized spacial score (nSPS) is 20.4. The van der Waals surface area contributed by atoms with Gasteiger partial charge < -0.3 is 20.5 Å². The van der Waals surface area contributed by atoms with Crippen molar-refractivity contribution in [1.82, 2.24) is 10.6 Å². The highest BCUT2D eigenvalue weighted by atomic mass is 16.5. The van der Waals surface area contributed by atoms with Crippen LogP contribution in [0.2, 0.25) is 0 Å². The quantitative estimate of drug-likeness (QED) is 0.670. The summed E-state index contributed by atoms with van der Waals surface area (Å²) in [7, 11) is 0. The Kier molecular flexibility index (Phi) is 6.14. The predicted molar refractivity (Wildman–Crippen MR) is 75.6 cm³/mol. The molecular weight excluding hydrogens is 276 g/mol. The molecule has 0 aromatic rings. The third-order valence-corrected chi connectivity index (χ3v) is 3.34. The van der Waals surface area contributed by atoms with Gasteiger partial charge in [0.15, 0.2) is 0 Å². The Morgan fingerprint density at radius 3 is 2.48 bits per heavy atom. The lowest BCUT2D eigenvalue weighted by atomic mass is 9.93. The monoisotopic (exact) mass is 300 g/mol. The second-order valence-corrected chi connectivity index (χ2v) is 6.29. The van der Waals surface area contributed by atoms with Crippen LogP contribution in [-0.4, -0.2) is 48.7 Å². The summed E-state index contributed by atoms with van der Waals surface area (Å²) in [5.41, 5.74) is -0.594. The molecule has 2 amide bonds. The first-order valence-electron chi connectivity index (χ1n) is 7.10. The minimum atomic E-state index is -1.08. The van der Waals surface area contributed by atoms with Gasteiger partial charge in [-0.1, -0.05) is 20.8 Å². The summed E-state index contributed by atoms with van der Waals surface area (Å²) >= 11 is 0. The fourth-order valence-electron chi connectivity index (χ4n) is 2.06. The summed E-state index contributed by atoms with van der Waals surface area (Å²) in [6.45, 7) is 5.93. The molecule has 0 radical (unpaired) electrons. The van der Waals surface area contributed by atoms with Crippen molar-refractivity contribution < 1.29 is 24.2 Å². The van der Waals surface area contributed by atoms with E-state index in [2.05, 4.69) is 10.6 Å². The van der Waals surface area contributed by atoms with Crippen molar-refractivity contribution in [2.24, 2.45) is 11.3 Å². The van der Waals surface area contributed by atoms with Gasteiger partial charge in [-0.3, -0.25) is 9.59 Å². The maximum absolute atomic E-state index is 11.8. The summed E-state index contributed by atoms with van der Waals surface area (Å²) < 4.78 is 5.25. The number of aliphatic carboxylic acids is 1. The number of nitrogens with one attached hydrogen (secondary N) is 2. The zero-order valence-corrected chi connectivity index (χ0v) is 12.8. The average molecular weight is 300 g/mol. The number of hydrogen-bond donors (Lipinski definition) is 3. The van der Waals surface area contributed by atoms with Gasteiger partial charge in [0.2, 0.25) is 11.8 Å². The zero-order chi connectivity index (χ0) is 16.0. The third kappa shape index (κ3) is 5.71. The van der Waals surface area contributed by atoms with Gasteiger partial charge in [-0.25, -0.2) is 4.79 Å². The molecule has 7 nitrogen and oxygen atoms in total. The van der Waals surface area contributed by atoms with Crippen molar-refractivity contribution in [2.45, 2.75) is 39.7 Å². The Balaban J connectivity index is 2.49. The number of amides is 2. The Labute approximate surface area is 124 Å². The third-order valence-electron chi connectivity index (χ3n) is 3.34. The standard InChI is InChI=1S/C14H24N2O5/c1-14(2,3)13(20)15-7-10(17)16-11(12(18)19)9-5-4-6-21-8-9/h9,11H,4-8H2,1-3H3,(H,15,20)(H,16,17)(H,18,19). The number of carbonyl (C=O) groups is 3. The van der Waals surface area contributed by atoms with Crippen LogP contribution in [0.15, 0.2) is 0 Å². The molecule has 7 heteroatoms. The second-order valence-electron chi connectivity index (χ2n) is 6.29. The molecule has 3 N–H and O–H groups in total. The van der Waals surface area contributed by atoms with Gasteiger partial charge in [0.25, 0.3) is 0 Å². The minimum absolute atomic E-state index is 0.229. The van der Waals surface area contributed by atoms with Crippen LogP contribution in [0.1, 0.15) is 33.6 Å². The van der Waals surface area contributed by atoms with E-state index in [0.29, 0.717) is 19.6 Å². The molecule has 0 bridgehead atoms. The van der Waals surface area contributed by atoms with Gasteiger partial charge in [-0.15, -0.1) is 0 Å². The number of carbonyl (C=O) groups excluding carboxylic acids is 2. The lowest BCUT2D eigenvalue weighted by Gasteiger charge is -2.28. The average Bonchev–Trinajstić information content (AvgIpc) is 2.41. The van der Waals surface area contributed by atoms with Crippen LogP contribution in [0, 0.1) is 11.3 Å². The summed E-state index contributed by atoms with van der Waals surface area (Å²) in [4.78, 5) is 34.7. The van der Waals surface area contributed by atoms with Gasteiger partial charge in [-0.05, 0) is 12.8 Å². The number of hydrogen-bond acceptors (Lipinski definition) is 4. The van der Waals surface area contributed by atoms with E-state index in [1.807, 2.05) is 0 Å². The summed E-state index contributed by atoms with van der Waals surface area (Å²) in [6, 6.07) is -0.982. The van der Waals surface area contributed by atoms with Crippen molar-refractivity contribution in [3.8, 4) is 0 Å². The highest BCUT2D eigenvalue weighted by Crippen LogP contribution is 2.18. The topological polar surface area (TPSA) is 105 Å². The fraction of sp³-hybridized carbons (Fsp3) is 0.786. The molecule has 0 aromatic carbocycles. The Morgan fingerprint density at radius 2 is 2.00 bits per heavy atom. The molecular formula is C14H24N2O5. The van der Waals surface area contributed by atoms with Crippen LogP contribution in [0.4, 0.5) is 0 Å². The van der Waals surface area contributed by atoms with Crippen LogP contribution in [0.5, 0.6) is 0 Å². The molecule has 0 aliphatic carbocycles. The molecule has 21 heavy (non-hydrogen) atoms. The van der Waals surface area contributed by atoms with E-state index in [9.17, 15) is 19.5 Å². The number of carboxylic acid groups (broad SMARTS) is 1. The Bertz CT molecular complexity index is 397. The first kappa shape index (κ1) is 17.4. The minimum Gasteiger partial charge on any atom is -0.480 e. The maximum atomic E-state index is 11.8. The highest BCUT2D eigenvalue weighted by molar-refractivity contribution is 5.89. The molecule has 1 aliphatic heterocycles. The van der Waals surface area contributed by atoms with E-state index in [-0.39, 0.29) is 18.4 Å². The van der Waals surface area contributed by atoms with Crippen molar-refractivity contribution in [2.75, 3.05) is 19.8 Å². The molecule has 0 aromatic heterocycles. The molecule has 2 atom stereocenters. The van der Waals surface area contributed by atoms with E-state index < -0.39 is 23.3 Å².